The topological polar surface area (TPSA) is 43.3 Å². The van der Waals surface area contributed by atoms with E-state index in [1.54, 1.807) is 0 Å². The Morgan fingerprint density at radius 2 is 1.89 bits per heavy atom. The van der Waals surface area contributed by atoms with Crippen molar-refractivity contribution in [2.45, 2.75) is 13.0 Å². The Morgan fingerprint density at radius 3 is 2.63 bits per heavy atom. The maximum absolute atomic E-state index is 5.74. The summed E-state index contributed by atoms with van der Waals surface area (Å²) in [5, 5.41) is 0. The largest absolute Gasteiger partial charge is 0.325 e. The third-order valence-electron chi connectivity index (χ3n) is 3.13. The highest BCUT2D eigenvalue weighted by atomic mass is 79.9. The van der Waals surface area contributed by atoms with E-state index in [-0.39, 0.29) is 0 Å². The first-order valence-corrected chi connectivity index (χ1v) is 6.96. The molecule has 3 nitrogen and oxygen atoms in total. The zero-order valence-corrected chi connectivity index (χ0v) is 12.0. The molecular formula is C15H14BrN3. The molecule has 0 aliphatic rings. The van der Waals surface area contributed by atoms with Crippen LogP contribution in [0, 0.1) is 0 Å². The summed E-state index contributed by atoms with van der Waals surface area (Å²) in [6.07, 6.45) is 2.90. The van der Waals surface area contributed by atoms with Gasteiger partial charge in [-0.05, 0) is 29.8 Å². The smallest absolute Gasteiger partial charge is 0.137 e. The number of hydrogen-bond acceptors (Lipinski definition) is 2. The van der Waals surface area contributed by atoms with Crippen LogP contribution in [0.15, 0.2) is 53.1 Å². The van der Waals surface area contributed by atoms with Crippen molar-refractivity contribution in [3.05, 3.63) is 70.1 Å². The third-order valence-corrected chi connectivity index (χ3v) is 3.66. The third kappa shape index (κ3) is 2.55. The molecule has 0 spiro atoms. The summed E-state index contributed by atoms with van der Waals surface area (Å²) < 4.78 is 3.16. The summed E-state index contributed by atoms with van der Waals surface area (Å²) in [5.41, 5.74) is 10.1. The predicted octanol–water partition coefficient (Wildman–Crippen LogP) is 3.15. The second-order valence-electron chi connectivity index (χ2n) is 4.48. The first-order chi connectivity index (χ1) is 9.26. The second kappa shape index (κ2) is 5.15. The number of benzene rings is 1. The van der Waals surface area contributed by atoms with E-state index in [9.17, 15) is 0 Å². The van der Waals surface area contributed by atoms with Crippen molar-refractivity contribution in [2.24, 2.45) is 5.73 Å². The SMILES string of the molecule is NCc1cccc2nc(Cc3ccc(Br)cc3)cn12. The zero-order valence-electron chi connectivity index (χ0n) is 10.4. The van der Waals surface area contributed by atoms with Crippen LogP contribution in [0.4, 0.5) is 0 Å². The monoisotopic (exact) mass is 315 g/mol. The molecule has 3 aromatic rings. The molecule has 0 atom stereocenters. The van der Waals surface area contributed by atoms with Crippen molar-refractivity contribution in [3.63, 3.8) is 0 Å². The lowest BCUT2D eigenvalue weighted by Crippen LogP contribution is -2.02. The molecule has 2 N–H and O–H groups in total. The highest BCUT2D eigenvalue weighted by Gasteiger charge is 2.05. The van der Waals surface area contributed by atoms with E-state index in [1.807, 2.05) is 18.2 Å². The maximum Gasteiger partial charge on any atom is 0.137 e. The average molecular weight is 316 g/mol. The van der Waals surface area contributed by atoms with E-state index in [2.05, 4.69) is 55.8 Å². The summed E-state index contributed by atoms with van der Waals surface area (Å²) in [7, 11) is 0. The second-order valence-corrected chi connectivity index (χ2v) is 5.40. The Hall–Kier alpha value is -1.65. The molecule has 2 heterocycles. The van der Waals surface area contributed by atoms with Crippen molar-refractivity contribution in [1.29, 1.82) is 0 Å². The first-order valence-electron chi connectivity index (χ1n) is 6.16. The number of hydrogen-bond donors (Lipinski definition) is 1. The van der Waals surface area contributed by atoms with Gasteiger partial charge in [0.2, 0.25) is 0 Å². The lowest BCUT2D eigenvalue weighted by Gasteiger charge is -2.00. The van der Waals surface area contributed by atoms with E-state index in [0.717, 1.165) is 27.9 Å². The molecule has 0 aliphatic carbocycles. The van der Waals surface area contributed by atoms with Crippen LogP contribution >= 0.6 is 15.9 Å². The lowest BCUT2D eigenvalue weighted by atomic mass is 10.1. The van der Waals surface area contributed by atoms with Crippen molar-refractivity contribution < 1.29 is 0 Å². The van der Waals surface area contributed by atoms with Gasteiger partial charge in [-0.1, -0.05) is 34.1 Å². The molecule has 0 bridgehead atoms. The fourth-order valence-electron chi connectivity index (χ4n) is 2.18. The molecule has 0 saturated heterocycles. The molecule has 3 rings (SSSR count). The quantitative estimate of drug-likeness (QED) is 0.807. The Balaban J connectivity index is 1.95. The number of rotatable bonds is 3. The maximum atomic E-state index is 5.74. The van der Waals surface area contributed by atoms with Crippen LogP contribution < -0.4 is 5.73 Å². The molecule has 0 unspecified atom stereocenters. The minimum Gasteiger partial charge on any atom is -0.325 e. The van der Waals surface area contributed by atoms with Gasteiger partial charge in [0.15, 0.2) is 0 Å². The Labute approximate surface area is 120 Å². The number of imidazole rings is 1. The Kier molecular flexibility index (Phi) is 3.36. The highest BCUT2D eigenvalue weighted by molar-refractivity contribution is 9.10. The molecule has 0 amide bonds. The Bertz CT molecular complexity index is 701. The normalized spacial score (nSPS) is 11.1. The van der Waals surface area contributed by atoms with Gasteiger partial charge in [-0.25, -0.2) is 4.98 Å². The number of fused-ring (bicyclic) bond motifs is 1. The zero-order chi connectivity index (χ0) is 13.2. The summed E-state index contributed by atoms with van der Waals surface area (Å²) in [5.74, 6) is 0. The summed E-state index contributed by atoms with van der Waals surface area (Å²) >= 11 is 3.44. The fourth-order valence-corrected chi connectivity index (χ4v) is 2.45. The van der Waals surface area contributed by atoms with Gasteiger partial charge in [-0.2, -0.15) is 0 Å². The van der Waals surface area contributed by atoms with Crippen LogP contribution in [-0.2, 0) is 13.0 Å². The summed E-state index contributed by atoms with van der Waals surface area (Å²) in [6, 6.07) is 14.3. The van der Waals surface area contributed by atoms with Gasteiger partial charge >= 0.3 is 0 Å². The number of pyridine rings is 1. The van der Waals surface area contributed by atoms with Crippen molar-refractivity contribution in [3.8, 4) is 0 Å². The molecule has 19 heavy (non-hydrogen) atoms. The van der Waals surface area contributed by atoms with Gasteiger partial charge in [0, 0.05) is 29.3 Å². The van der Waals surface area contributed by atoms with Crippen molar-refractivity contribution >= 4 is 21.6 Å². The molecule has 0 fully saturated rings. The molecule has 0 aliphatic heterocycles. The highest BCUT2D eigenvalue weighted by Crippen LogP contribution is 2.15. The van der Waals surface area contributed by atoms with Gasteiger partial charge in [0.05, 0.1) is 5.69 Å². The Morgan fingerprint density at radius 1 is 1.11 bits per heavy atom. The van der Waals surface area contributed by atoms with Crippen molar-refractivity contribution in [1.82, 2.24) is 9.38 Å². The van der Waals surface area contributed by atoms with Gasteiger partial charge < -0.3 is 10.1 Å². The molecular weight excluding hydrogens is 302 g/mol. The van der Waals surface area contributed by atoms with E-state index < -0.39 is 0 Å². The number of halogens is 1. The van der Waals surface area contributed by atoms with Gasteiger partial charge in [-0.3, -0.25) is 0 Å². The first kappa shape index (κ1) is 12.4. The van der Waals surface area contributed by atoms with Crippen LogP contribution in [0.5, 0.6) is 0 Å². The fraction of sp³-hybridized carbons (Fsp3) is 0.133. The van der Waals surface area contributed by atoms with Crippen LogP contribution in [0.2, 0.25) is 0 Å². The summed E-state index contributed by atoms with van der Waals surface area (Å²) in [6.45, 7) is 0.519. The van der Waals surface area contributed by atoms with Gasteiger partial charge in [0.1, 0.15) is 5.65 Å². The van der Waals surface area contributed by atoms with Gasteiger partial charge in [0.25, 0.3) is 0 Å². The number of aromatic nitrogens is 2. The molecule has 0 radical (unpaired) electrons. The van der Waals surface area contributed by atoms with E-state index in [0.29, 0.717) is 6.54 Å². The van der Waals surface area contributed by atoms with E-state index in [1.165, 1.54) is 5.56 Å². The predicted molar refractivity (Wildman–Crippen MR) is 80.0 cm³/mol. The molecule has 0 saturated carbocycles. The van der Waals surface area contributed by atoms with Crippen LogP contribution in [0.1, 0.15) is 17.0 Å². The minimum absolute atomic E-state index is 0.519. The number of nitrogens with two attached hydrogens (primary N) is 1. The number of nitrogens with zero attached hydrogens (tertiary/aromatic N) is 2. The van der Waals surface area contributed by atoms with Crippen LogP contribution in [-0.4, -0.2) is 9.38 Å². The van der Waals surface area contributed by atoms with Gasteiger partial charge in [-0.15, -0.1) is 0 Å². The van der Waals surface area contributed by atoms with Crippen molar-refractivity contribution in [2.75, 3.05) is 0 Å². The molecule has 1 aromatic carbocycles. The molecule has 4 heteroatoms. The minimum atomic E-state index is 0.519. The van der Waals surface area contributed by atoms with E-state index in [4.69, 9.17) is 5.73 Å². The standard InChI is InChI=1S/C15H14BrN3/c16-12-6-4-11(5-7-12)8-13-10-19-14(9-17)2-1-3-15(19)18-13/h1-7,10H,8-9,17H2. The van der Waals surface area contributed by atoms with Crippen LogP contribution in [0.25, 0.3) is 5.65 Å². The summed E-state index contributed by atoms with van der Waals surface area (Å²) in [4.78, 5) is 4.63. The molecule has 96 valence electrons. The lowest BCUT2D eigenvalue weighted by molar-refractivity contribution is 0.944. The molecule has 2 aromatic heterocycles. The van der Waals surface area contributed by atoms with Crippen LogP contribution in [0.3, 0.4) is 0 Å². The average Bonchev–Trinajstić information content (AvgIpc) is 2.83. The van der Waals surface area contributed by atoms with E-state index >= 15 is 0 Å².